The number of hydrogen-bond acceptors (Lipinski definition) is 4. The molecular weight excluding hydrogens is 270 g/mol. The maximum atomic E-state index is 12.3. The van der Waals surface area contributed by atoms with Crippen molar-refractivity contribution in [2.24, 2.45) is 0 Å². The van der Waals surface area contributed by atoms with Crippen molar-refractivity contribution < 1.29 is 14.6 Å². The lowest BCUT2D eigenvalue weighted by atomic mass is 10.1. The van der Waals surface area contributed by atoms with Crippen LogP contribution in [-0.2, 0) is 4.74 Å². The normalized spacial score (nSPS) is 16.2. The van der Waals surface area contributed by atoms with Gasteiger partial charge in [0.15, 0.2) is 0 Å². The van der Waals surface area contributed by atoms with E-state index < -0.39 is 6.10 Å². The van der Waals surface area contributed by atoms with E-state index in [0.717, 1.165) is 18.5 Å². The lowest BCUT2D eigenvalue weighted by molar-refractivity contribution is 0.0587. The molecule has 1 heterocycles. The maximum Gasteiger partial charge on any atom is 0.254 e. The zero-order chi connectivity index (χ0) is 15.4. The van der Waals surface area contributed by atoms with E-state index in [1.54, 1.807) is 13.3 Å². The predicted octanol–water partition coefficient (Wildman–Crippen LogP) is 1.47. The Hall–Kier alpha value is -1.40. The van der Waals surface area contributed by atoms with E-state index >= 15 is 0 Å². The second-order valence-electron chi connectivity index (χ2n) is 5.91. The molecule has 1 unspecified atom stereocenters. The van der Waals surface area contributed by atoms with Crippen molar-refractivity contribution in [3.63, 3.8) is 0 Å². The third-order valence-electron chi connectivity index (χ3n) is 3.65. The molecule has 1 saturated carbocycles. The second-order valence-corrected chi connectivity index (χ2v) is 5.91. The Labute approximate surface area is 125 Å². The van der Waals surface area contributed by atoms with E-state index in [9.17, 15) is 9.90 Å². The first-order valence-electron chi connectivity index (χ1n) is 7.57. The molecule has 6 heteroatoms. The number of nitrogens with zero attached hydrogens (tertiary/aromatic N) is 2. The Morgan fingerprint density at radius 3 is 2.86 bits per heavy atom. The minimum atomic E-state index is -0.545. The predicted molar refractivity (Wildman–Crippen MR) is 79.4 cm³/mol. The van der Waals surface area contributed by atoms with Gasteiger partial charge in [0.2, 0.25) is 0 Å². The lowest BCUT2D eigenvalue weighted by Gasteiger charge is -2.13. The molecule has 1 aliphatic carbocycles. The van der Waals surface area contributed by atoms with Crippen LogP contribution in [0.2, 0.25) is 0 Å². The van der Waals surface area contributed by atoms with E-state index in [0.29, 0.717) is 24.4 Å². The molecule has 118 valence electrons. The van der Waals surface area contributed by atoms with Crippen LogP contribution in [0.25, 0.3) is 0 Å². The molecule has 2 rings (SSSR count). The van der Waals surface area contributed by atoms with Crippen LogP contribution in [0.4, 0.5) is 0 Å². The van der Waals surface area contributed by atoms with Gasteiger partial charge in [-0.15, -0.1) is 0 Å². The molecule has 0 aliphatic heterocycles. The van der Waals surface area contributed by atoms with E-state index in [1.165, 1.54) is 0 Å². The molecule has 1 aromatic rings. The summed E-state index contributed by atoms with van der Waals surface area (Å²) in [5, 5.41) is 16.8. The summed E-state index contributed by atoms with van der Waals surface area (Å²) in [5.41, 5.74) is 1.73. The van der Waals surface area contributed by atoms with Crippen molar-refractivity contribution in [2.45, 2.75) is 51.2 Å². The summed E-state index contributed by atoms with van der Waals surface area (Å²) < 4.78 is 6.81. The number of hydrogen-bond donors (Lipinski definition) is 2. The number of carbonyl (C=O) groups excluding carboxylic acids is 1. The lowest BCUT2D eigenvalue weighted by Crippen LogP contribution is -2.29. The summed E-state index contributed by atoms with van der Waals surface area (Å²) in [7, 11) is 1.55. The van der Waals surface area contributed by atoms with Crippen LogP contribution in [-0.4, -0.2) is 47.2 Å². The second kappa shape index (κ2) is 7.04. The van der Waals surface area contributed by atoms with Crippen molar-refractivity contribution in [1.82, 2.24) is 15.1 Å². The molecule has 1 atom stereocenters. The summed E-state index contributed by atoms with van der Waals surface area (Å²) in [6, 6.07) is 0.255. The van der Waals surface area contributed by atoms with Crippen LogP contribution in [0, 0.1) is 0 Å². The van der Waals surface area contributed by atoms with Gasteiger partial charge < -0.3 is 15.2 Å². The van der Waals surface area contributed by atoms with Crippen molar-refractivity contribution in [3.05, 3.63) is 17.5 Å². The number of ether oxygens (including phenoxy) is 1. The minimum Gasteiger partial charge on any atom is -0.391 e. The summed E-state index contributed by atoms with van der Waals surface area (Å²) in [6.45, 7) is 4.86. The van der Waals surface area contributed by atoms with Crippen LogP contribution < -0.4 is 5.32 Å². The Bertz CT molecular complexity index is 481. The highest BCUT2D eigenvalue weighted by Crippen LogP contribution is 2.42. The van der Waals surface area contributed by atoms with Gasteiger partial charge in [-0.2, -0.15) is 5.10 Å². The topological polar surface area (TPSA) is 76.4 Å². The zero-order valence-corrected chi connectivity index (χ0v) is 13.0. The van der Waals surface area contributed by atoms with Gasteiger partial charge in [-0.25, -0.2) is 0 Å². The van der Waals surface area contributed by atoms with Gasteiger partial charge in [0.1, 0.15) is 0 Å². The molecule has 0 aromatic carbocycles. The first kappa shape index (κ1) is 16.0. The molecule has 0 saturated heterocycles. The van der Waals surface area contributed by atoms with Gasteiger partial charge >= 0.3 is 0 Å². The van der Waals surface area contributed by atoms with Gasteiger partial charge in [-0.05, 0) is 33.1 Å². The third kappa shape index (κ3) is 4.04. The number of rotatable bonds is 8. The van der Waals surface area contributed by atoms with Crippen molar-refractivity contribution in [2.75, 3.05) is 20.3 Å². The average Bonchev–Trinajstić information content (AvgIpc) is 3.16. The molecule has 0 spiro atoms. The van der Waals surface area contributed by atoms with Crippen LogP contribution in [0.3, 0.4) is 0 Å². The number of aromatic nitrogens is 2. The summed E-state index contributed by atoms with van der Waals surface area (Å²) >= 11 is 0. The van der Waals surface area contributed by atoms with Crippen LogP contribution in [0.1, 0.15) is 61.1 Å². The molecule has 1 fully saturated rings. The Balaban J connectivity index is 1.96. The number of nitrogens with one attached hydrogen (secondary N) is 1. The number of aliphatic hydroxyl groups excluding tert-OH is 1. The van der Waals surface area contributed by atoms with Crippen LogP contribution in [0.5, 0.6) is 0 Å². The number of amides is 1. The molecule has 21 heavy (non-hydrogen) atoms. The molecule has 1 aromatic heterocycles. The van der Waals surface area contributed by atoms with Crippen molar-refractivity contribution in [3.8, 4) is 0 Å². The Morgan fingerprint density at radius 1 is 1.57 bits per heavy atom. The Kier molecular flexibility index (Phi) is 5.36. The highest BCUT2D eigenvalue weighted by atomic mass is 16.5. The van der Waals surface area contributed by atoms with Crippen LogP contribution in [0.15, 0.2) is 6.20 Å². The van der Waals surface area contributed by atoms with Gasteiger partial charge in [0.25, 0.3) is 5.91 Å². The monoisotopic (exact) mass is 295 g/mol. The highest BCUT2D eigenvalue weighted by Gasteiger charge is 2.32. The largest absolute Gasteiger partial charge is 0.391 e. The summed E-state index contributed by atoms with van der Waals surface area (Å²) in [6.07, 6.45) is 3.86. The third-order valence-corrected chi connectivity index (χ3v) is 3.65. The Morgan fingerprint density at radius 2 is 2.29 bits per heavy atom. The molecule has 1 amide bonds. The fourth-order valence-corrected chi connectivity index (χ4v) is 2.45. The number of carbonyl (C=O) groups is 1. The first-order valence-corrected chi connectivity index (χ1v) is 7.57. The summed E-state index contributed by atoms with van der Waals surface area (Å²) in [5.74, 6) is 0.364. The minimum absolute atomic E-state index is 0.103. The average molecular weight is 295 g/mol. The summed E-state index contributed by atoms with van der Waals surface area (Å²) in [4.78, 5) is 12.3. The molecular formula is C15H25N3O3. The van der Waals surface area contributed by atoms with Gasteiger partial charge in [0, 0.05) is 25.6 Å². The maximum absolute atomic E-state index is 12.3. The van der Waals surface area contributed by atoms with Crippen molar-refractivity contribution in [1.29, 1.82) is 0 Å². The zero-order valence-electron chi connectivity index (χ0n) is 13.0. The fourth-order valence-electron chi connectivity index (χ4n) is 2.45. The van der Waals surface area contributed by atoms with Gasteiger partial charge in [0.05, 0.1) is 30.2 Å². The first-order chi connectivity index (χ1) is 10.0. The fraction of sp³-hybridized carbons (Fsp3) is 0.733. The van der Waals surface area contributed by atoms with Gasteiger partial charge in [-0.3, -0.25) is 9.48 Å². The smallest absolute Gasteiger partial charge is 0.254 e. The quantitative estimate of drug-likeness (QED) is 0.761. The van der Waals surface area contributed by atoms with Crippen LogP contribution >= 0.6 is 0 Å². The molecule has 1 aliphatic rings. The van der Waals surface area contributed by atoms with E-state index in [1.807, 2.05) is 4.68 Å². The SMILES string of the molecule is COCC(O)CCNC(=O)c1cnn(C(C)C)c1C1CC1. The molecule has 0 bridgehead atoms. The highest BCUT2D eigenvalue weighted by molar-refractivity contribution is 5.95. The molecule has 2 N–H and O–H groups in total. The van der Waals surface area contributed by atoms with Gasteiger partial charge in [-0.1, -0.05) is 0 Å². The molecule has 6 nitrogen and oxygen atoms in total. The van der Waals surface area contributed by atoms with Crippen molar-refractivity contribution >= 4 is 5.91 Å². The van der Waals surface area contributed by atoms with E-state index in [2.05, 4.69) is 24.3 Å². The molecule has 0 radical (unpaired) electrons. The standard InChI is InChI=1S/C15H25N3O3/c1-10(2)18-14(11-4-5-11)13(8-17-18)15(20)16-7-6-12(19)9-21-3/h8,10-12,19H,4-7,9H2,1-3H3,(H,16,20). The number of methoxy groups -OCH3 is 1. The van der Waals surface area contributed by atoms with E-state index in [4.69, 9.17) is 4.74 Å². The number of aliphatic hydroxyl groups is 1. The van der Waals surface area contributed by atoms with E-state index in [-0.39, 0.29) is 18.6 Å².